The van der Waals surface area contributed by atoms with E-state index in [0.717, 1.165) is 70.1 Å². The summed E-state index contributed by atoms with van der Waals surface area (Å²) in [5.74, 6) is 2.28. The van der Waals surface area contributed by atoms with E-state index in [9.17, 15) is 4.79 Å². The van der Waals surface area contributed by atoms with Crippen molar-refractivity contribution in [2.24, 2.45) is 5.92 Å². The molecule has 1 aliphatic carbocycles. The van der Waals surface area contributed by atoms with E-state index in [1.807, 2.05) is 0 Å². The van der Waals surface area contributed by atoms with Crippen LogP contribution in [0.25, 0.3) is 0 Å². The Labute approximate surface area is 161 Å². The predicted octanol–water partition coefficient (Wildman–Crippen LogP) is 2.15. The minimum atomic E-state index is 0.186. The van der Waals surface area contributed by atoms with Gasteiger partial charge in [0.05, 0.1) is 12.5 Å². The molecule has 1 atom stereocenters. The molecule has 7 nitrogen and oxygen atoms in total. The third-order valence-corrected chi connectivity index (χ3v) is 6.16. The largest absolute Gasteiger partial charge is 0.353 e. The van der Waals surface area contributed by atoms with E-state index in [0.29, 0.717) is 12.1 Å². The fraction of sp³-hybridized carbons (Fsp3) is 0.850. The Morgan fingerprint density at radius 2 is 1.96 bits per heavy atom. The molecule has 0 radical (unpaired) electrons. The second-order valence-electron chi connectivity index (χ2n) is 8.83. The van der Waals surface area contributed by atoms with Crippen molar-refractivity contribution < 1.29 is 9.32 Å². The van der Waals surface area contributed by atoms with Crippen molar-refractivity contribution in [2.75, 3.05) is 26.2 Å². The highest BCUT2D eigenvalue weighted by Crippen LogP contribution is 2.26. The van der Waals surface area contributed by atoms with Crippen molar-refractivity contribution in [1.29, 1.82) is 0 Å². The van der Waals surface area contributed by atoms with Crippen LogP contribution in [0.5, 0.6) is 0 Å². The van der Waals surface area contributed by atoms with Crippen molar-refractivity contribution in [2.45, 2.75) is 76.9 Å². The number of rotatable bonds is 6. The maximum Gasteiger partial charge on any atom is 0.229 e. The molecule has 0 aromatic carbocycles. The summed E-state index contributed by atoms with van der Waals surface area (Å²) in [7, 11) is 0. The van der Waals surface area contributed by atoms with Crippen LogP contribution in [-0.4, -0.2) is 64.1 Å². The minimum absolute atomic E-state index is 0.186. The molecule has 1 aromatic heterocycles. The van der Waals surface area contributed by atoms with Gasteiger partial charge < -0.3 is 9.84 Å². The first-order valence-electron chi connectivity index (χ1n) is 10.7. The average Bonchev–Trinajstić information content (AvgIpc) is 3.37. The fourth-order valence-corrected chi connectivity index (χ4v) is 4.31. The van der Waals surface area contributed by atoms with Gasteiger partial charge in [-0.25, -0.2) is 0 Å². The molecule has 0 spiro atoms. The molecule has 1 N–H and O–H groups in total. The Morgan fingerprint density at radius 1 is 1.19 bits per heavy atom. The van der Waals surface area contributed by atoms with Crippen LogP contribution in [0, 0.1) is 5.92 Å². The first-order chi connectivity index (χ1) is 13.1. The van der Waals surface area contributed by atoms with Gasteiger partial charge in [0.25, 0.3) is 0 Å². The van der Waals surface area contributed by atoms with Gasteiger partial charge in [-0.05, 0) is 45.1 Å². The summed E-state index contributed by atoms with van der Waals surface area (Å²) in [5, 5.41) is 7.31. The quantitative estimate of drug-likeness (QED) is 0.821. The van der Waals surface area contributed by atoms with Crippen molar-refractivity contribution in [3.05, 3.63) is 11.7 Å². The molecule has 0 bridgehead atoms. The molecule has 4 rings (SSSR count). The van der Waals surface area contributed by atoms with Gasteiger partial charge in [0.2, 0.25) is 11.8 Å². The van der Waals surface area contributed by atoms with E-state index in [1.165, 1.54) is 12.8 Å². The van der Waals surface area contributed by atoms with E-state index >= 15 is 0 Å². The summed E-state index contributed by atoms with van der Waals surface area (Å²) >= 11 is 0. The maximum atomic E-state index is 12.4. The molecule has 3 heterocycles. The zero-order valence-corrected chi connectivity index (χ0v) is 16.7. The zero-order valence-electron chi connectivity index (χ0n) is 16.7. The van der Waals surface area contributed by atoms with Crippen LogP contribution in [0.15, 0.2) is 4.52 Å². The highest BCUT2D eigenvalue weighted by Gasteiger charge is 2.33. The minimum Gasteiger partial charge on any atom is -0.353 e. The van der Waals surface area contributed by atoms with Crippen molar-refractivity contribution in [3.63, 3.8) is 0 Å². The van der Waals surface area contributed by atoms with E-state index in [4.69, 9.17) is 4.52 Å². The summed E-state index contributed by atoms with van der Waals surface area (Å²) in [6.07, 6.45) is 6.84. The summed E-state index contributed by atoms with van der Waals surface area (Å²) in [4.78, 5) is 21.9. The van der Waals surface area contributed by atoms with Crippen molar-refractivity contribution in [1.82, 2.24) is 25.3 Å². The lowest BCUT2D eigenvalue weighted by molar-refractivity contribution is -0.127. The van der Waals surface area contributed by atoms with Gasteiger partial charge in [-0.2, -0.15) is 4.98 Å². The first-order valence-corrected chi connectivity index (χ1v) is 10.7. The molecule has 2 saturated heterocycles. The molecular formula is C20H33N5O2. The molecule has 27 heavy (non-hydrogen) atoms. The molecule has 150 valence electrons. The monoisotopic (exact) mass is 375 g/mol. The lowest BCUT2D eigenvalue weighted by Gasteiger charge is -2.41. The zero-order chi connectivity index (χ0) is 18.8. The number of carbonyl (C=O) groups is 1. The molecule has 0 unspecified atom stereocenters. The van der Waals surface area contributed by atoms with E-state index in [1.54, 1.807) is 0 Å². The van der Waals surface area contributed by atoms with Gasteiger partial charge in [-0.1, -0.05) is 19.0 Å². The van der Waals surface area contributed by atoms with Crippen LogP contribution in [0.2, 0.25) is 0 Å². The third kappa shape index (κ3) is 4.88. The second-order valence-corrected chi connectivity index (χ2v) is 8.83. The number of likely N-dealkylation sites (tertiary alicyclic amines) is 2. The number of piperidine rings is 2. The van der Waals surface area contributed by atoms with Crippen molar-refractivity contribution >= 4 is 5.91 Å². The van der Waals surface area contributed by atoms with Gasteiger partial charge >= 0.3 is 0 Å². The number of carbonyl (C=O) groups excluding carboxylic acids is 1. The number of aromatic nitrogens is 2. The Bertz CT molecular complexity index is 634. The Morgan fingerprint density at radius 3 is 2.63 bits per heavy atom. The van der Waals surface area contributed by atoms with Gasteiger partial charge in [0.15, 0.2) is 5.82 Å². The maximum absolute atomic E-state index is 12.4. The van der Waals surface area contributed by atoms with Crippen LogP contribution in [-0.2, 0) is 11.3 Å². The van der Waals surface area contributed by atoms with E-state index in [-0.39, 0.29) is 17.7 Å². The Hall–Kier alpha value is -1.47. The lowest BCUT2D eigenvalue weighted by Crippen LogP contribution is -2.50. The summed E-state index contributed by atoms with van der Waals surface area (Å²) in [6.45, 7) is 9.11. The van der Waals surface area contributed by atoms with E-state index < -0.39 is 0 Å². The number of hydrogen-bond acceptors (Lipinski definition) is 6. The lowest BCUT2D eigenvalue weighted by atomic mass is 9.93. The number of amides is 1. The second kappa shape index (κ2) is 8.27. The summed E-state index contributed by atoms with van der Waals surface area (Å²) in [6, 6.07) is 1.08. The van der Waals surface area contributed by atoms with Gasteiger partial charge in [0, 0.05) is 37.6 Å². The van der Waals surface area contributed by atoms with Crippen LogP contribution in [0.3, 0.4) is 0 Å². The van der Waals surface area contributed by atoms with Crippen LogP contribution < -0.4 is 5.32 Å². The SMILES string of the molecule is CC(C)c1nc(CN2CCC(N3CCC[C@@H](C(=O)NC4CC4)C3)CC2)no1. The normalized spacial score (nSPS) is 25.8. The number of nitrogens with one attached hydrogen (secondary N) is 1. The molecule has 1 aromatic rings. The van der Waals surface area contributed by atoms with Crippen LogP contribution in [0.4, 0.5) is 0 Å². The van der Waals surface area contributed by atoms with Gasteiger partial charge in [-0.3, -0.25) is 14.6 Å². The topological polar surface area (TPSA) is 74.5 Å². The highest BCUT2D eigenvalue weighted by molar-refractivity contribution is 5.79. The first kappa shape index (κ1) is 18.9. The molecule has 3 fully saturated rings. The predicted molar refractivity (Wildman–Crippen MR) is 102 cm³/mol. The molecule has 3 aliphatic rings. The Balaban J connectivity index is 1.23. The van der Waals surface area contributed by atoms with Crippen LogP contribution >= 0.6 is 0 Å². The standard InChI is InChI=1S/C20H33N5O2/c1-14(2)20-22-18(23-27-20)13-24-10-7-17(8-11-24)25-9-3-4-15(12-25)19(26)21-16-5-6-16/h14-17H,3-13H2,1-2H3,(H,21,26)/t15-/m1/s1. The van der Waals surface area contributed by atoms with Crippen molar-refractivity contribution in [3.8, 4) is 0 Å². The highest BCUT2D eigenvalue weighted by atomic mass is 16.5. The smallest absolute Gasteiger partial charge is 0.229 e. The molecule has 2 aliphatic heterocycles. The fourth-order valence-electron chi connectivity index (χ4n) is 4.31. The van der Waals surface area contributed by atoms with Gasteiger partial charge in [-0.15, -0.1) is 0 Å². The molecule has 1 saturated carbocycles. The summed E-state index contributed by atoms with van der Waals surface area (Å²) < 4.78 is 5.32. The number of nitrogens with zero attached hydrogens (tertiary/aromatic N) is 4. The van der Waals surface area contributed by atoms with E-state index in [2.05, 4.69) is 39.1 Å². The van der Waals surface area contributed by atoms with Gasteiger partial charge in [0.1, 0.15) is 0 Å². The third-order valence-electron chi connectivity index (χ3n) is 6.16. The molecule has 1 amide bonds. The summed E-state index contributed by atoms with van der Waals surface area (Å²) in [5.41, 5.74) is 0. The Kier molecular flexibility index (Phi) is 5.78. The molecular weight excluding hydrogens is 342 g/mol. The van der Waals surface area contributed by atoms with Crippen LogP contribution in [0.1, 0.15) is 70.0 Å². The average molecular weight is 376 g/mol. The number of hydrogen-bond donors (Lipinski definition) is 1. The molecule has 7 heteroatoms.